The Morgan fingerprint density at radius 1 is 1.21 bits per heavy atom. The van der Waals surface area contributed by atoms with E-state index in [0.717, 1.165) is 23.4 Å². The molecule has 0 aliphatic rings. The molecule has 0 fully saturated rings. The van der Waals surface area contributed by atoms with Gasteiger partial charge in [-0.25, -0.2) is 14.2 Å². The number of carbonyl (C=O) groups excluding carboxylic acids is 2. The molecule has 0 spiro atoms. The average Bonchev–Trinajstić information content (AvgIpc) is 3.14. The second-order valence-corrected chi connectivity index (χ2v) is 6.78. The maximum absolute atomic E-state index is 13.0. The number of amides is 1. The number of aromatic nitrogens is 1. The van der Waals surface area contributed by atoms with E-state index >= 15 is 0 Å². The number of hydrogen-bond donors (Lipinski definition) is 1. The van der Waals surface area contributed by atoms with Crippen molar-refractivity contribution in [2.75, 3.05) is 19.0 Å². The molecular weight excluding hydrogens is 407 g/mol. The highest BCUT2D eigenvalue weighted by atomic mass is 35.5. The average molecular weight is 421 g/mol. The summed E-state index contributed by atoms with van der Waals surface area (Å²) < 4.78 is 23.0. The number of nitrogens with zero attached hydrogens (tertiary/aromatic N) is 1. The number of carbonyl (C=O) groups is 2. The van der Waals surface area contributed by atoms with Gasteiger partial charge in [0.15, 0.2) is 11.7 Å². The Bertz CT molecular complexity index is 1010. The molecule has 0 aliphatic carbocycles. The van der Waals surface area contributed by atoms with Gasteiger partial charge in [-0.3, -0.25) is 10.1 Å². The van der Waals surface area contributed by atoms with Crippen LogP contribution in [-0.4, -0.2) is 30.6 Å². The molecule has 0 aliphatic heterocycles. The van der Waals surface area contributed by atoms with Crippen LogP contribution < -0.4 is 10.1 Å². The minimum absolute atomic E-state index is 0.0214. The van der Waals surface area contributed by atoms with Crippen molar-refractivity contribution in [2.24, 2.45) is 0 Å². The monoisotopic (exact) mass is 420 g/mol. The van der Waals surface area contributed by atoms with Crippen molar-refractivity contribution < 1.29 is 23.5 Å². The number of benzene rings is 2. The molecule has 0 unspecified atom stereocenters. The lowest BCUT2D eigenvalue weighted by atomic mass is 10.2. The fourth-order valence-electron chi connectivity index (χ4n) is 2.24. The Hall–Kier alpha value is -2.97. The first-order valence-electron chi connectivity index (χ1n) is 7.98. The van der Waals surface area contributed by atoms with Crippen LogP contribution in [0.5, 0.6) is 5.75 Å². The molecule has 2 aromatic carbocycles. The number of hydrogen-bond acceptors (Lipinski definition) is 6. The molecule has 0 radical (unpaired) electrons. The molecule has 1 amide bonds. The quantitative estimate of drug-likeness (QED) is 0.598. The molecular formula is C19H14ClFN2O4S. The molecule has 0 saturated heterocycles. The minimum atomic E-state index is -0.821. The van der Waals surface area contributed by atoms with Crippen LogP contribution in [0.4, 0.5) is 9.52 Å². The minimum Gasteiger partial charge on any atom is -0.497 e. The number of thiazole rings is 1. The van der Waals surface area contributed by atoms with E-state index in [9.17, 15) is 14.0 Å². The van der Waals surface area contributed by atoms with Gasteiger partial charge in [-0.05, 0) is 42.5 Å². The summed E-state index contributed by atoms with van der Waals surface area (Å²) >= 11 is 7.03. The van der Waals surface area contributed by atoms with Gasteiger partial charge >= 0.3 is 5.97 Å². The van der Waals surface area contributed by atoms with Gasteiger partial charge in [-0.2, -0.15) is 0 Å². The summed E-state index contributed by atoms with van der Waals surface area (Å²) in [6, 6.07) is 10.6. The second-order valence-electron chi connectivity index (χ2n) is 5.51. The maximum Gasteiger partial charge on any atom is 0.340 e. The highest BCUT2D eigenvalue weighted by molar-refractivity contribution is 7.14. The standard InChI is InChI=1S/C19H14ClFN2O4S/c1-26-13-5-2-11(3-6-13)16-10-28-19(22-16)23-17(24)9-27-18(25)14-7-4-12(21)8-15(14)20/h2-8,10H,9H2,1H3,(H,22,23,24). The van der Waals surface area contributed by atoms with Crippen molar-refractivity contribution in [2.45, 2.75) is 0 Å². The van der Waals surface area contributed by atoms with Gasteiger partial charge in [0.1, 0.15) is 11.6 Å². The molecule has 1 heterocycles. The number of ether oxygens (including phenoxy) is 2. The highest BCUT2D eigenvalue weighted by Gasteiger charge is 2.15. The predicted octanol–water partition coefficient (Wildman–Crippen LogP) is 4.41. The summed E-state index contributed by atoms with van der Waals surface area (Å²) in [5, 5.41) is 4.63. The summed E-state index contributed by atoms with van der Waals surface area (Å²) in [5.74, 6) is -1.22. The van der Waals surface area contributed by atoms with Crippen molar-refractivity contribution in [3.8, 4) is 17.0 Å². The second kappa shape index (κ2) is 8.81. The van der Waals surface area contributed by atoms with E-state index in [0.29, 0.717) is 10.8 Å². The van der Waals surface area contributed by atoms with Crippen LogP contribution >= 0.6 is 22.9 Å². The smallest absolute Gasteiger partial charge is 0.340 e. The van der Waals surface area contributed by atoms with Crippen molar-refractivity contribution in [3.63, 3.8) is 0 Å². The Kier molecular flexibility index (Phi) is 6.23. The zero-order valence-corrected chi connectivity index (χ0v) is 16.1. The summed E-state index contributed by atoms with van der Waals surface area (Å²) in [5.41, 5.74) is 1.54. The van der Waals surface area contributed by atoms with Crippen LogP contribution in [0.25, 0.3) is 11.3 Å². The number of anilines is 1. The van der Waals surface area contributed by atoms with Gasteiger partial charge in [0.2, 0.25) is 0 Å². The largest absolute Gasteiger partial charge is 0.497 e. The number of halogens is 2. The van der Waals surface area contributed by atoms with Gasteiger partial charge in [0.25, 0.3) is 5.91 Å². The number of nitrogens with one attached hydrogen (secondary N) is 1. The van der Waals surface area contributed by atoms with E-state index in [1.807, 2.05) is 24.3 Å². The topological polar surface area (TPSA) is 77.5 Å². The summed E-state index contributed by atoms with van der Waals surface area (Å²) in [6.07, 6.45) is 0. The van der Waals surface area contributed by atoms with Gasteiger partial charge in [-0.1, -0.05) is 11.6 Å². The Balaban J connectivity index is 1.56. The normalized spacial score (nSPS) is 10.4. The molecule has 3 aromatic rings. The fourth-order valence-corrected chi connectivity index (χ4v) is 3.22. The van der Waals surface area contributed by atoms with Crippen molar-refractivity contribution in [1.29, 1.82) is 0 Å². The van der Waals surface area contributed by atoms with Crippen LogP contribution in [0.15, 0.2) is 47.8 Å². The maximum atomic E-state index is 13.0. The van der Waals surface area contributed by atoms with E-state index in [1.165, 1.54) is 17.4 Å². The van der Waals surface area contributed by atoms with Crippen molar-refractivity contribution in [3.05, 3.63) is 64.2 Å². The Morgan fingerprint density at radius 2 is 1.96 bits per heavy atom. The Labute approximate surface area is 168 Å². The summed E-state index contributed by atoms with van der Waals surface area (Å²) in [4.78, 5) is 28.3. The van der Waals surface area contributed by atoms with Crippen molar-refractivity contribution in [1.82, 2.24) is 4.98 Å². The zero-order valence-electron chi connectivity index (χ0n) is 14.6. The molecule has 0 atom stereocenters. The number of methoxy groups -OCH3 is 1. The lowest BCUT2D eigenvalue weighted by Crippen LogP contribution is -2.21. The molecule has 28 heavy (non-hydrogen) atoms. The van der Waals surface area contributed by atoms with Crippen molar-refractivity contribution >= 4 is 39.9 Å². The predicted molar refractivity (Wildman–Crippen MR) is 104 cm³/mol. The third-order valence-electron chi connectivity index (χ3n) is 3.62. The molecule has 0 bridgehead atoms. The lowest BCUT2D eigenvalue weighted by molar-refractivity contribution is -0.119. The van der Waals surface area contributed by atoms with Crippen LogP contribution in [0, 0.1) is 5.82 Å². The molecule has 3 rings (SSSR count). The highest BCUT2D eigenvalue weighted by Crippen LogP contribution is 2.26. The van der Waals surface area contributed by atoms with E-state index < -0.39 is 24.3 Å². The number of esters is 1. The van der Waals surface area contributed by atoms with E-state index in [-0.39, 0.29) is 10.6 Å². The summed E-state index contributed by atoms with van der Waals surface area (Å²) in [7, 11) is 1.59. The first-order chi connectivity index (χ1) is 13.5. The van der Waals surface area contributed by atoms with Gasteiger partial charge in [0.05, 0.1) is 23.4 Å². The fraction of sp³-hybridized carbons (Fsp3) is 0.105. The Morgan fingerprint density at radius 3 is 2.64 bits per heavy atom. The lowest BCUT2D eigenvalue weighted by Gasteiger charge is -2.06. The molecule has 6 nitrogen and oxygen atoms in total. The first kappa shape index (κ1) is 19.8. The van der Waals surface area contributed by atoms with Gasteiger partial charge in [-0.15, -0.1) is 11.3 Å². The van der Waals surface area contributed by atoms with Crippen LogP contribution in [0.2, 0.25) is 5.02 Å². The van der Waals surface area contributed by atoms with E-state index in [4.69, 9.17) is 21.1 Å². The van der Waals surface area contributed by atoms with Crippen LogP contribution in [0.3, 0.4) is 0 Å². The molecule has 0 saturated carbocycles. The van der Waals surface area contributed by atoms with E-state index in [1.54, 1.807) is 12.5 Å². The van der Waals surface area contributed by atoms with Crippen LogP contribution in [0.1, 0.15) is 10.4 Å². The number of rotatable bonds is 6. The van der Waals surface area contributed by atoms with Gasteiger partial charge < -0.3 is 9.47 Å². The first-order valence-corrected chi connectivity index (χ1v) is 9.24. The van der Waals surface area contributed by atoms with Crippen LogP contribution in [-0.2, 0) is 9.53 Å². The zero-order chi connectivity index (χ0) is 20.1. The molecule has 144 valence electrons. The molecule has 1 aromatic heterocycles. The SMILES string of the molecule is COc1ccc(-c2csc(NC(=O)COC(=O)c3ccc(F)cc3Cl)n2)cc1. The third-order valence-corrected chi connectivity index (χ3v) is 4.69. The third kappa shape index (κ3) is 4.85. The molecule has 9 heteroatoms. The van der Waals surface area contributed by atoms with Gasteiger partial charge in [0, 0.05) is 10.9 Å². The molecule has 1 N–H and O–H groups in total. The van der Waals surface area contributed by atoms with E-state index in [2.05, 4.69) is 10.3 Å². The summed E-state index contributed by atoms with van der Waals surface area (Å²) in [6.45, 7) is -0.524.